The first kappa shape index (κ1) is 14.5. The van der Waals surface area contributed by atoms with E-state index in [1.54, 1.807) is 12.1 Å². The Hall–Kier alpha value is -0.890. The fourth-order valence-electron chi connectivity index (χ4n) is 3.54. The van der Waals surface area contributed by atoms with Crippen LogP contribution in [-0.4, -0.2) is 0 Å². The molecule has 0 radical (unpaired) electrons. The molecule has 1 unspecified atom stereocenters. The highest BCUT2D eigenvalue weighted by atomic mass is 19.1. The van der Waals surface area contributed by atoms with Crippen LogP contribution in [0.15, 0.2) is 12.1 Å². The molecule has 1 aliphatic carbocycles. The molecule has 0 aliphatic heterocycles. The lowest BCUT2D eigenvalue weighted by molar-refractivity contribution is 0.323. The maximum Gasteiger partial charge on any atom is 0.123 e. The van der Waals surface area contributed by atoms with Crippen LogP contribution in [0.4, 0.5) is 4.39 Å². The van der Waals surface area contributed by atoms with Crippen molar-refractivity contribution in [1.82, 2.24) is 0 Å². The molecule has 1 saturated carbocycles. The third kappa shape index (κ3) is 3.79. The van der Waals surface area contributed by atoms with Crippen LogP contribution < -0.4 is 5.73 Å². The van der Waals surface area contributed by atoms with Crippen molar-refractivity contribution < 1.29 is 4.39 Å². The molecule has 1 aromatic rings. The van der Waals surface area contributed by atoms with Crippen molar-refractivity contribution in [2.45, 2.75) is 64.8 Å². The predicted octanol–water partition coefficient (Wildman–Crippen LogP) is 4.80. The monoisotopic (exact) mass is 263 g/mol. The summed E-state index contributed by atoms with van der Waals surface area (Å²) in [5.74, 6) is 0.707. The number of nitrogens with two attached hydrogens (primary N) is 1. The molecular formula is C17H26FN. The van der Waals surface area contributed by atoms with Crippen LogP contribution in [-0.2, 0) is 0 Å². The minimum atomic E-state index is -0.154. The van der Waals surface area contributed by atoms with Gasteiger partial charge in [-0.05, 0) is 61.4 Å². The fraction of sp³-hybridized carbons (Fsp3) is 0.647. The van der Waals surface area contributed by atoms with Gasteiger partial charge < -0.3 is 5.73 Å². The summed E-state index contributed by atoms with van der Waals surface area (Å²) in [6.07, 6.45) is 9.15. The number of hydrogen-bond acceptors (Lipinski definition) is 1. The van der Waals surface area contributed by atoms with Crippen LogP contribution >= 0.6 is 0 Å². The third-order valence-electron chi connectivity index (χ3n) is 4.54. The number of halogens is 1. The second kappa shape index (κ2) is 6.51. The Bertz CT molecular complexity index is 398. The second-order valence-corrected chi connectivity index (χ2v) is 6.14. The van der Waals surface area contributed by atoms with E-state index in [0.717, 1.165) is 29.0 Å². The first-order chi connectivity index (χ1) is 9.08. The summed E-state index contributed by atoms with van der Waals surface area (Å²) in [4.78, 5) is 0. The molecule has 1 nitrogen and oxygen atoms in total. The van der Waals surface area contributed by atoms with Gasteiger partial charge in [-0.15, -0.1) is 0 Å². The van der Waals surface area contributed by atoms with Gasteiger partial charge in [0.05, 0.1) is 0 Å². The number of benzene rings is 1. The minimum Gasteiger partial charge on any atom is -0.324 e. The Kier molecular flexibility index (Phi) is 4.98. The van der Waals surface area contributed by atoms with Gasteiger partial charge in [0.15, 0.2) is 0 Å². The van der Waals surface area contributed by atoms with Gasteiger partial charge in [-0.25, -0.2) is 4.39 Å². The molecule has 2 N–H and O–H groups in total. The van der Waals surface area contributed by atoms with Crippen LogP contribution in [0.25, 0.3) is 0 Å². The highest BCUT2D eigenvalue weighted by Crippen LogP contribution is 2.31. The van der Waals surface area contributed by atoms with Crippen molar-refractivity contribution in [1.29, 1.82) is 0 Å². The van der Waals surface area contributed by atoms with Crippen molar-refractivity contribution in [3.8, 4) is 0 Å². The van der Waals surface area contributed by atoms with E-state index < -0.39 is 0 Å². The van der Waals surface area contributed by atoms with Crippen LogP contribution in [0.3, 0.4) is 0 Å². The van der Waals surface area contributed by atoms with Crippen molar-refractivity contribution in [3.05, 3.63) is 34.6 Å². The zero-order chi connectivity index (χ0) is 13.8. The Morgan fingerprint density at radius 1 is 1.16 bits per heavy atom. The molecule has 1 aliphatic rings. The summed E-state index contributed by atoms with van der Waals surface area (Å²) < 4.78 is 13.3. The van der Waals surface area contributed by atoms with E-state index in [1.807, 2.05) is 13.8 Å². The standard InChI is InChI=1S/C17H26FN/c1-12-10-15(18)11-13(2)17(12)16(19)9-8-14-6-4-3-5-7-14/h10-11,14,16H,3-9,19H2,1-2H3. The summed E-state index contributed by atoms with van der Waals surface area (Å²) in [6, 6.07) is 3.26. The molecule has 1 aromatic carbocycles. The number of aryl methyl sites for hydroxylation is 2. The van der Waals surface area contributed by atoms with E-state index in [0.29, 0.717) is 0 Å². The van der Waals surface area contributed by atoms with Gasteiger partial charge >= 0.3 is 0 Å². The maximum atomic E-state index is 13.3. The predicted molar refractivity (Wildman–Crippen MR) is 78.6 cm³/mol. The Morgan fingerprint density at radius 2 is 1.74 bits per heavy atom. The van der Waals surface area contributed by atoms with Crippen LogP contribution in [0.1, 0.15) is 67.7 Å². The van der Waals surface area contributed by atoms with Crippen molar-refractivity contribution >= 4 is 0 Å². The smallest absolute Gasteiger partial charge is 0.123 e. The zero-order valence-electron chi connectivity index (χ0n) is 12.2. The average Bonchev–Trinajstić information content (AvgIpc) is 2.36. The SMILES string of the molecule is Cc1cc(F)cc(C)c1C(N)CCC1CCCCC1. The van der Waals surface area contributed by atoms with E-state index in [-0.39, 0.29) is 11.9 Å². The van der Waals surface area contributed by atoms with Gasteiger partial charge in [-0.2, -0.15) is 0 Å². The van der Waals surface area contributed by atoms with Crippen LogP contribution in [0.2, 0.25) is 0 Å². The lowest BCUT2D eigenvalue weighted by atomic mass is 9.83. The number of rotatable bonds is 4. The van der Waals surface area contributed by atoms with E-state index >= 15 is 0 Å². The second-order valence-electron chi connectivity index (χ2n) is 6.14. The summed E-state index contributed by atoms with van der Waals surface area (Å²) in [5.41, 5.74) is 9.48. The molecule has 19 heavy (non-hydrogen) atoms. The van der Waals surface area contributed by atoms with Crippen LogP contribution in [0.5, 0.6) is 0 Å². The van der Waals surface area contributed by atoms with Gasteiger partial charge in [-0.3, -0.25) is 0 Å². The molecule has 1 fully saturated rings. The quantitative estimate of drug-likeness (QED) is 0.829. The largest absolute Gasteiger partial charge is 0.324 e. The highest BCUT2D eigenvalue weighted by molar-refractivity contribution is 5.36. The molecule has 2 rings (SSSR count). The van der Waals surface area contributed by atoms with E-state index in [4.69, 9.17) is 5.73 Å². The first-order valence-electron chi connectivity index (χ1n) is 7.60. The van der Waals surface area contributed by atoms with Gasteiger partial charge in [0, 0.05) is 6.04 Å². The van der Waals surface area contributed by atoms with Gasteiger partial charge in [0.1, 0.15) is 5.82 Å². The molecule has 106 valence electrons. The van der Waals surface area contributed by atoms with E-state index in [9.17, 15) is 4.39 Å². The molecule has 2 heteroatoms. The molecule has 0 amide bonds. The van der Waals surface area contributed by atoms with E-state index in [1.165, 1.54) is 38.5 Å². The molecule has 0 bridgehead atoms. The van der Waals surface area contributed by atoms with Crippen molar-refractivity contribution in [2.24, 2.45) is 11.7 Å². The topological polar surface area (TPSA) is 26.0 Å². The maximum absolute atomic E-state index is 13.3. The zero-order valence-corrected chi connectivity index (χ0v) is 12.2. The minimum absolute atomic E-state index is 0.0579. The molecule has 0 aromatic heterocycles. The summed E-state index contributed by atoms with van der Waals surface area (Å²) in [5, 5.41) is 0. The van der Waals surface area contributed by atoms with Gasteiger partial charge in [0.25, 0.3) is 0 Å². The lowest BCUT2D eigenvalue weighted by Crippen LogP contribution is -2.16. The molecule has 0 spiro atoms. The van der Waals surface area contributed by atoms with Gasteiger partial charge in [0.2, 0.25) is 0 Å². The highest BCUT2D eigenvalue weighted by Gasteiger charge is 2.17. The van der Waals surface area contributed by atoms with E-state index in [2.05, 4.69) is 0 Å². The molecular weight excluding hydrogens is 237 g/mol. The first-order valence-corrected chi connectivity index (χ1v) is 7.60. The van der Waals surface area contributed by atoms with Crippen molar-refractivity contribution in [3.63, 3.8) is 0 Å². The third-order valence-corrected chi connectivity index (χ3v) is 4.54. The van der Waals surface area contributed by atoms with Gasteiger partial charge in [-0.1, -0.05) is 32.1 Å². The van der Waals surface area contributed by atoms with Crippen LogP contribution in [0, 0.1) is 25.6 Å². The Labute approximate surface area is 116 Å². The molecule has 0 saturated heterocycles. The van der Waals surface area contributed by atoms with Crippen molar-refractivity contribution in [2.75, 3.05) is 0 Å². The Morgan fingerprint density at radius 3 is 2.32 bits per heavy atom. The fourth-order valence-corrected chi connectivity index (χ4v) is 3.54. The average molecular weight is 263 g/mol. The normalized spacial score (nSPS) is 18.5. The lowest BCUT2D eigenvalue weighted by Gasteiger charge is -2.24. The molecule has 1 atom stereocenters. The summed E-state index contributed by atoms with van der Waals surface area (Å²) >= 11 is 0. The Balaban J connectivity index is 1.97. The summed E-state index contributed by atoms with van der Waals surface area (Å²) in [7, 11) is 0. The molecule has 0 heterocycles. The number of hydrogen-bond donors (Lipinski definition) is 1. The summed E-state index contributed by atoms with van der Waals surface area (Å²) in [6.45, 7) is 3.93.